The molecule has 2 N–H and O–H groups in total. The van der Waals surface area contributed by atoms with Gasteiger partial charge in [-0.1, -0.05) is 6.07 Å². The first-order valence-corrected chi connectivity index (χ1v) is 5.18. The molecule has 1 aromatic carbocycles. The van der Waals surface area contributed by atoms with Gasteiger partial charge < -0.3 is 14.5 Å². The molecule has 2 heterocycles. The molecule has 5 heteroatoms. The fourth-order valence-electron chi connectivity index (χ4n) is 1.88. The van der Waals surface area contributed by atoms with Crippen LogP contribution in [0.3, 0.4) is 0 Å². The maximum atomic E-state index is 11.8. The Morgan fingerprint density at radius 3 is 2.94 bits per heavy atom. The highest BCUT2D eigenvalue weighted by molar-refractivity contribution is 5.81. The molecule has 0 saturated carbocycles. The molecule has 0 saturated heterocycles. The van der Waals surface area contributed by atoms with Crippen LogP contribution in [0.4, 0.5) is 0 Å². The number of furan rings is 1. The molecule has 0 bridgehead atoms. The van der Waals surface area contributed by atoms with E-state index < -0.39 is 0 Å². The van der Waals surface area contributed by atoms with Crippen molar-refractivity contribution in [1.29, 1.82) is 0 Å². The first kappa shape index (κ1) is 9.77. The molecule has 0 fully saturated rings. The number of hydrogen-bond donors (Lipinski definition) is 2. The van der Waals surface area contributed by atoms with Crippen LogP contribution in [-0.4, -0.2) is 14.7 Å². The number of aromatic nitrogens is 2. The molecule has 86 valence electrons. The number of aromatic amines is 1. The number of phenolic OH excluding ortho intramolecular Hbond substituents is 1. The Morgan fingerprint density at radius 1 is 1.29 bits per heavy atom. The standard InChI is InChI=1S/C12H10N2O3/c15-10-5-1-4-9-11(10)13-12(16)14(9)7-8-3-2-6-17-8/h1-6,15H,7H2,(H,13,16). The van der Waals surface area contributed by atoms with Gasteiger partial charge in [0.2, 0.25) is 0 Å². The maximum absolute atomic E-state index is 11.8. The molecule has 0 atom stereocenters. The second-order valence-corrected chi connectivity index (χ2v) is 3.77. The first-order valence-electron chi connectivity index (χ1n) is 5.18. The fourth-order valence-corrected chi connectivity index (χ4v) is 1.88. The van der Waals surface area contributed by atoms with E-state index in [0.29, 0.717) is 23.3 Å². The number of imidazole rings is 1. The van der Waals surface area contributed by atoms with Crippen LogP contribution >= 0.6 is 0 Å². The molecule has 0 spiro atoms. The van der Waals surface area contributed by atoms with Gasteiger partial charge in [-0.05, 0) is 24.3 Å². The average molecular weight is 230 g/mol. The number of benzene rings is 1. The smallest absolute Gasteiger partial charge is 0.326 e. The molecule has 0 unspecified atom stereocenters. The second-order valence-electron chi connectivity index (χ2n) is 3.77. The number of fused-ring (bicyclic) bond motifs is 1. The Balaban J connectivity index is 2.19. The molecule has 3 aromatic rings. The third-order valence-corrected chi connectivity index (χ3v) is 2.68. The van der Waals surface area contributed by atoms with Crippen LogP contribution < -0.4 is 5.69 Å². The van der Waals surface area contributed by atoms with Crippen LogP contribution in [0, 0.1) is 0 Å². The Bertz CT molecular complexity index is 707. The summed E-state index contributed by atoms with van der Waals surface area (Å²) in [5.41, 5.74) is 0.841. The zero-order valence-electron chi connectivity index (χ0n) is 8.88. The monoisotopic (exact) mass is 230 g/mol. The fraction of sp³-hybridized carbons (Fsp3) is 0.0833. The van der Waals surface area contributed by atoms with Gasteiger partial charge in [0, 0.05) is 0 Å². The van der Waals surface area contributed by atoms with E-state index >= 15 is 0 Å². The lowest BCUT2D eigenvalue weighted by molar-refractivity contribution is 0.480. The van der Waals surface area contributed by atoms with E-state index in [1.165, 1.54) is 10.6 Å². The Labute approximate surface area is 95.9 Å². The average Bonchev–Trinajstić information content (AvgIpc) is 2.91. The number of nitrogens with zero attached hydrogens (tertiary/aromatic N) is 1. The number of rotatable bonds is 2. The summed E-state index contributed by atoms with van der Waals surface area (Å²) >= 11 is 0. The molecule has 17 heavy (non-hydrogen) atoms. The van der Waals surface area contributed by atoms with Crippen molar-refractivity contribution in [3.8, 4) is 5.75 Å². The van der Waals surface area contributed by atoms with E-state index in [4.69, 9.17) is 4.42 Å². The minimum atomic E-state index is -0.266. The molecule has 0 aliphatic heterocycles. The van der Waals surface area contributed by atoms with E-state index in [0.717, 1.165) is 0 Å². The highest BCUT2D eigenvalue weighted by Crippen LogP contribution is 2.21. The third kappa shape index (κ3) is 1.52. The van der Waals surface area contributed by atoms with Crippen molar-refractivity contribution < 1.29 is 9.52 Å². The molecular formula is C12H10N2O3. The number of para-hydroxylation sites is 1. The van der Waals surface area contributed by atoms with Crippen LogP contribution in [0.25, 0.3) is 11.0 Å². The molecular weight excluding hydrogens is 220 g/mol. The van der Waals surface area contributed by atoms with Crippen molar-refractivity contribution in [2.45, 2.75) is 6.54 Å². The van der Waals surface area contributed by atoms with E-state index in [-0.39, 0.29) is 11.4 Å². The van der Waals surface area contributed by atoms with Gasteiger partial charge in [-0.2, -0.15) is 0 Å². The van der Waals surface area contributed by atoms with Crippen molar-refractivity contribution in [3.05, 3.63) is 52.8 Å². The third-order valence-electron chi connectivity index (χ3n) is 2.68. The van der Waals surface area contributed by atoms with Gasteiger partial charge in [0.05, 0.1) is 18.3 Å². The van der Waals surface area contributed by atoms with Gasteiger partial charge >= 0.3 is 5.69 Å². The lowest BCUT2D eigenvalue weighted by Gasteiger charge is -2.00. The van der Waals surface area contributed by atoms with Gasteiger partial charge in [-0.25, -0.2) is 4.79 Å². The second kappa shape index (κ2) is 3.55. The van der Waals surface area contributed by atoms with Gasteiger partial charge in [-0.3, -0.25) is 4.57 Å². The molecule has 2 aromatic heterocycles. The number of nitrogens with one attached hydrogen (secondary N) is 1. The van der Waals surface area contributed by atoms with Crippen molar-refractivity contribution in [2.24, 2.45) is 0 Å². The van der Waals surface area contributed by atoms with E-state index in [9.17, 15) is 9.90 Å². The Hall–Kier alpha value is -2.43. The molecule has 0 aliphatic carbocycles. The normalized spacial score (nSPS) is 11.1. The quantitative estimate of drug-likeness (QED) is 0.703. The lowest BCUT2D eigenvalue weighted by atomic mass is 10.3. The van der Waals surface area contributed by atoms with Crippen LogP contribution in [0.5, 0.6) is 5.75 Å². The summed E-state index contributed by atoms with van der Waals surface area (Å²) in [6.07, 6.45) is 1.56. The number of hydrogen-bond acceptors (Lipinski definition) is 3. The molecule has 0 amide bonds. The molecule has 5 nitrogen and oxygen atoms in total. The van der Waals surface area contributed by atoms with Crippen LogP contribution in [0.1, 0.15) is 5.76 Å². The zero-order chi connectivity index (χ0) is 11.8. The number of phenols is 1. The number of H-pyrrole nitrogens is 1. The number of aromatic hydroxyl groups is 1. The van der Waals surface area contributed by atoms with Crippen LogP contribution in [-0.2, 0) is 6.54 Å². The summed E-state index contributed by atoms with van der Waals surface area (Å²) in [5, 5.41) is 9.63. The predicted molar refractivity (Wildman–Crippen MR) is 62.0 cm³/mol. The summed E-state index contributed by atoms with van der Waals surface area (Å²) in [5.74, 6) is 0.758. The van der Waals surface area contributed by atoms with Gasteiger partial charge in [-0.15, -0.1) is 0 Å². The largest absolute Gasteiger partial charge is 0.506 e. The SMILES string of the molecule is O=c1[nH]c2c(O)cccc2n1Cc1ccco1. The summed E-state index contributed by atoms with van der Waals surface area (Å²) in [6.45, 7) is 0.343. The minimum Gasteiger partial charge on any atom is -0.506 e. The predicted octanol–water partition coefficient (Wildman–Crippen LogP) is 1.68. The van der Waals surface area contributed by atoms with Gasteiger partial charge in [0.1, 0.15) is 17.0 Å². The summed E-state index contributed by atoms with van der Waals surface area (Å²) < 4.78 is 6.73. The molecule has 3 rings (SSSR count). The van der Waals surface area contributed by atoms with E-state index in [1.807, 2.05) is 0 Å². The van der Waals surface area contributed by atoms with Gasteiger partial charge in [0.25, 0.3) is 0 Å². The topological polar surface area (TPSA) is 71.2 Å². The zero-order valence-corrected chi connectivity index (χ0v) is 8.88. The maximum Gasteiger partial charge on any atom is 0.326 e. The highest BCUT2D eigenvalue weighted by atomic mass is 16.3. The Morgan fingerprint density at radius 2 is 2.18 bits per heavy atom. The van der Waals surface area contributed by atoms with Gasteiger partial charge in [0.15, 0.2) is 0 Å². The lowest BCUT2D eigenvalue weighted by Crippen LogP contribution is -2.16. The van der Waals surface area contributed by atoms with Crippen molar-refractivity contribution in [2.75, 3.05) is 0 Å². The van der Waals surface area contributed by atoms with E-state index in [1.54, 1.807) is 30.5 Å². The van der Waals surface area contributed by atoms with Crippen LogP contribution in [0.2, 0.25) is 0 Å². The van der Waals surface area contributed by atoms with E-state index in [2.05, 4.69) is 4.98 Å². The Kier molecular flexibility index (Phi) is 2.04. The molecule has 0 radical (unpaired) electrons. The molecule has 0 aliphatic rings. The first-order chi connectivity index (χ1) is 8.25. The summed E-state index contributed by atoms with van der Waals surface area (Å²) in [6, 6.07) is 8.58. The minimum absolute atomic E-state index is 0.0674. The summed E-state index contributed by atoms with van der Waals surface area (Å²) in [4.78, 5) is 14.4. The van der Waals surface area contributed by atoms with Crippen molar-refractivity contribution in [3.63, 3.8) is 0 Å². The highest BCUT2D eigenvalue weighted by Gasteiger charge is 2.10. The summed E-state index contributed by atoms with van der Waals surface area (Å²) in [7, 11) is 0. The van der Waals surface area contributed by atoms with Crippen molar-refractivity contribution >= 4 is 11.0 Å². The van der Waals surface area contributed by atoms with Crippen molar-refractivity contribution in [1.82, 2.24) is 9.55 Å². The van der Waals surface area contributed by atoms with Crippen LogP contribution in [0.15, 0.2) is 45.8 Å².